The van der Waals surface area contributed by atoms with Gasteiger partial charge in [-0.1, -0.05) is 25.6 Å². The highest BCUT2D eigenvalue weighted by molar-refractivity contribution is 5.97. The summed E-state index contributed by atoms with van der Waals surface area (Å²) in [5.74, 6) is -0.462. The van der Waals surface area contributed by atoms with E-state index in [4.69, 9.17) is 5.73 Å². The molecule has 0 aliphatic carbocycles. The zero-order valence-corrected chi connectivity index (χ0v) is 11.8. The number of benzene rings is 1. The average Bonchev–Trinajstić information content (AvgIpc) is 2.46. The van der Waals surface area contributed by atoms with Crippen LogP contribution in [0, 0.1) is 0 Å². The highest BCUT2D eigenvalue weighted by Crippen LogP contribution is 2.08. The molecule has 0 fully saturated rings. The Morgan fingerprint density at radius 3 is 2.81 bits per heavy atom. The second kappa shape index (κ2) is 6.09. The Bertz CT molecular complexity index is 787. The highest BCUT2D eigenvalue weighted by Gasteiger charge is 2.13. The van der Waals surface area contributed by atoms with Gasteiger partial charge in [-0.15, -0.1) is 0 Å². The van der Waals surface area contributed by atoms with Crippen LogP contribution in [-0.2, 0) is 0 Å². The lowest BCUT2D eigenvalue weighted by molar-refractivity contribution is 0.0963. The number of amides is 1. The molecule has 2 rings (SSSR count). The lowest BCUT2D eigenvalue weighted by atomic mass is 10.1. The summed E-state index contributed by atoms with van der Waals surface area (Å²) < 4.78 is 0. The summed E-state index contributed by atoms with van der Waals surface area (Å²) in [5, 5.41) is 3.16. The van der Waals surface area contributed by atoms with Crippen molar-refractivity contribution in [3.05, 3.63) is 70.3 Å². The van der Waals surface area contributed by atoms with Gasteiger partial charge in [-0.3, -0.25) is 9.59 Å². The van der Waals surface area contributed by atoms with Crippen LogP contribution < -0.4 is 16.5 Å². The Labute approximate surface area is 122 Å². The van der Waals surface area contributed by atoms with E-state index in [0.717, 1.165) is 0 Å². The molecule has 108 valence electrons. The number of aromatic nitrogens is 1. The van der Waals surface area contributed by atoms with Crippen molar-refractivity contribution in [1.82, 2.24) is 10.3 Å². The predicted octanol–water partition coefficient (Wildman–Crippen LogP) is 2.02. The number of fused-ring (bicyclic) bond motifs is 1. The quantitative estimate of drug-likeness (QED) is 0.750. The first-order valence-corrected chi connectivity index (χ1v) is 6.59. The summed E-state index contributed by atoms with van der Waals surface area (Å²) in [5.41, 5.74) is 6.91. The minimum atomic E-state index is -0.462. The number of nitrogens with one attached hydrogen (secondary N) is 2. The van der Waals surface area contributed by atoms with Crippen LogP contribution in [0.25, 0.3) is 10.9 Å². The summed E-state index contributed by atoms with van der Waals surface area (Å²) in [6.45, 7) is 5.44. The molecule has 1 aromatic carbocycles. The van der Waals surface area contributed by atoms with Crippen LogP contribution in [0.2, 0.25) is 0 Å². The minimum Gasteiger partial charge on any atom is -0.399 e. The van der Waals surface area contributed by atoms with Gasteiger partial charge in [0.15, 0.2) is 0 Å². The first-order valence-electron chi connectivity index (χ1n) is 6.59. The number of allylic oxidation sites excluding steroid dienone is 2. The zero-order chi connectivity index (χ0) is 15.4. The zero-order valence-electron chi connectivity index (χ0n) is 11.8. The monoisotopic (exact) mass is 283 g/mol. The second-order valence-electron chi connectivity index (χ2n) is 4.63. The van der Waals surface area contributed by atoms with E-state index < -0.39 is 5.91 Å². The molecule has 2 aromatic rings. The summed E-state index contributed by atoms with van der Waals surface area (Å²) in [7, 11) is 0. The Kier molecular flexibility index (Phi) is 4.23. The number of aromatic amines is 1. The van der Waals surface area contributed by atoms with E-state index in [1.165, 1.54) is 6.20 Å². The van der Waals surface area contributed by atoms with E-state index in [-0.39, 0.29) is 11.0 Å². The molecule has 0 spiro atoms. The van der Waals surface area contributed by atoms with Crippen molar-refractivity contribution < 1.29 is 4.79 Å². The first kappa shape index (κ1) is 14.6. The summed E-state index contributed by atoms with van der Waals surface area (Å²) in [6.07, 6.45) is 3.57. The molecule has 21 heavy (non-hydrogen) atoms. The third-order valence-electron chi connectivity index (χ3n) is 3.05. The number of H-pyrrole nitrogens is 1. The molecule has 0 atom stereocenters. The molecule has 1 amide bonds. The Hall–Kier alpha value is -2.82. The van der Waals surface area contributed by atoms with Crippen molar-refractivity contribution in [2.75, 3.05) is 0 Å². The van der Waals surface area contributed by atoms with Crippen molar-refractivity contribution >= 4 is 16.8 Å². The molecule has 0 aliphatic rings. The first-order chi connectivity index (χ1) is 10.0. The van der Waals surface area contributed by atoms with Gasteiger partial charge in [0.1, 0.15) is 5.56 Å². The second-order valence-corrected chi connectivity index (χ2v) is 4.63. The average molecular weight is 283 g/mol. The fraction of sp³-hybridized carbons (Fsp3) is 0.125. The molecule has 4 N–H and O–H groups in total. The summed E-state index contributed by atoms with van der Waals surface area (Å²) >= 11 is 0. The maximum absolute atomic E-state index is 12.3. The fourth-order valence-electron chi connectivity index (χ4n) is 2.00. The van der Waals surface area contributed by atoms with Gasteiger partial charge in [0.05, 0.1) is 0 Å². The molecule has 0 aliphatic heterocycles. The van der Waals surface area contributed by atoms with Crippen LogP contribution in [0.5, 0.6) is 0 Å². The molecule has 5 nitrogen and oxygen atoms in total. The van der Waals surface area contributed by atoms with Gasteiger partial charge in [0, 0.05) is 28.5 Å². The van der Waals surface area contributed by atoms with Crippen LogP contribution in [0.4, 0.5) is 0 Å². The minimum absolute atomic E-state index is 0.0654. The largest absolute Gasteiger partial charge is 0.399 e. The van der Waals surface area contributed by atoms with Crippen LogP contribution in [0.3, 0.4) is 0 Å². The van der Waals surface area contributed by atoms with E-state index in [9.17, 15) is 9.59 Å². The van der Waals surface area contributed by atoms with Crippen LogP contribution >= 0.6 is 0 Å². The van der Waals surface area contributed by atoms with E-state index >= 15 is 0 Å². The molecule has 1 aromatic heterocycles. The maximum atomic E-state index is 12.3. The third-order valence-corrected chi connectivity index (χ3v) is 3.05. The number of rotatable bonds is 4. The van der Waals surface area contributed by atoms with Gasteiger partial charge in [0.25, 0.3) is 5.91 Å². The lowest BCUT2D eigenvalue weighted by Gasteiger charge is -2.08. The molecule has 0 unspecified atom stereocenters. The molecule has 0 saturated heterocycles. The maximum Gasteiger partial charge on any atom is 0.260 e. The van der Waals surface area contributed by atoms with Crippen LogP contribution in [-0.4, -0.2) is 10.9 Å². The fourth-order valence-corrected chi connectivity index (χ4v) is 2.00. The molecule has 0 saturated carbocycles. The number of pyridine rings is 1. The van der Waals surface area contributed by atoms with Gasteiger partial charge in [-0.25, -0.2) is 0 Å². The Morgan fingerprint density at radius 1 is 1.43 bits per heavy atom. The van der Waals surface area contributed by atoms with Crippen molar-refractivity contribution in [3.63, 3.8) is 0 Å². The molecular weight excluding hydrogens is 266 g/mol. The van der Waals surface area contributed by atoms with Gasteiger partial charge in [0.2, 0.25) is 5.43 Å². The predicted molar refractivity (Wildman–Crippen MR) is 83.7 cm³/mol. The van der Waals surface area contributed by atoms with E-state index in [1.54, 1.807) is 24.3 Å². The van der Waals surface area contributed by atoms with E-state index in [1.807, 2.05) is 13.0 Å². The van der Waals surface area contributed by atoms with Crippen LogP contribution in [0.15, 0.2) is 59.3 Å². The van der Waals surface area contributed by atoms with Gasteiger partial charge in [-0.2, -0.15) is 0 Å². The van der Waals surface area contributed by atoms with Gasteiger partial charge in [-0.05, 0) is 24.6 Å². The molecular formula is C16H17N3O2. The van der Waals surface area contributed by atoms with Crippen LogP contribution in [0.1, 0.15) is 23.7 Å². The Morgan fingerprint density at radius 2 is 2.14 bits per heavy atom. The number of carbonyl (C=O) groups is 1. The SMILES string of the molecule is C=C(N)/C=C(\CC)NC(=O)c1c[nH]c2ccccc2c1=O. The normalized spacial score (nSPS) is 11.4. The number of hydrogen-bond acceptors (Lipinski definition) is 3. The van der Waals surface area contributed by atoms with E-state index in [2.05, 4.69) is 16.9 Å². The number of para-hydroxylation sites is 1. The molecule has 1 heterocycles. The van der Waals surface area contributed by atoms with Crippen molar-refractivity contribution in [2.24, 2.45) is 5.73 Å². The van der Waals surface area contributed by atoms with Crippen molar-refractivity contribution in [1.29, 1.82) is 0 Å². The summed E-state index contributed by atoms with van der Waals surface area (Å²) in [6, 6.07) is 7.05. The lowest BCUT2D eigenvalue weighted by Crippen LogP contribution is -2.28. The number of nitrogens with two attached hydrogens (primary N) is 1. The molecule has 5 heteroatoms. The van der Waals surface area contributed by atoms with Crippen molar-refractivity contribution in [3.8, 4) is 0 Å². The highest BCUT2D eigenvalue weighted by atomic mass is 16.2. The number of hydrogen-bond donors (Lipinski definition) is 3. The van der Waals surface area contributed by atoms with E-state index in [0.29, 0.717) is 28.7 Å². The number of carbonyl (C=O) groups excluding carboxylic acids is 1. The third kappa shape index (κ3) is 3.20. The smallest absolute Gasteiger partial charge is 0.260 e. The molecule has 0 bridgehead atoms. The van der Waals surface area contributed by atoms with Crippen molar-refractivity contribution in [2.45, 2.75) is 13.3 Å². The standard InChI is InChI=1S/C16H17N3O2/c1-3-11(8-10(2)17)19-16(21)13-9-18-14-7-5-4-6-12(14)15(13)20/h4-9H,2-3,17H2,1H3,(H,18,20)(H,19,21)/b11-8+. The van der Waals surface area contributed by atoms with Gasteiger partial charge >= 0.3 is 0 Å². The Balaban J connectivity index is 2.38. The van der Waals surface area contributed by atoms with Gasteiger partial charge < -0.3 is 16.0 Å². The topological polar surface area (TPSA) is 88.0 Å². The summed E-state index contributed by atoms with van der Waals surface area (Å²) in [4.78, 5) is 27.5. The molecule has 0 radical (unpaired) electrons.